The molecule has 0 fully saturated rings. The molecule has 5 nitrogen and oxygen atoms in total. The van der Waals surface area contributed by atoms with Gasteiger partial charge in [-0.05, 0) is 36.1 Å². The molecule has 0 radical (unpaired) electrons. The summed E-state index contributed by atoms with van der Waals surface area (Å²) in [4.78, 5) is 0. The Kier molecular flexibility index (Phi) is 5.63. The highest BCUT2D eigenvalue weighted by Crippen LogP contribution is 2.29. The first-order valence-electron chi connectivity index (χ1n) is 7.34. The molecule has 2 rings (SSSR count). The summed E-state index contributed by atoms with van der Waals surface area (Å²) in [6, 6.07) is 5.86. The zero-order chi connectivity index (χ0) is 17.9. The number of alkyl halides is 3. The van der Waals surface area contributed by atoms with E-state index in [0.717, 1.165) is 23.1 Å². The van der Waals surface area contributed by atoms with E-state index in [1.807, 2.05) is 25.1 Å². The minimum atomic E-state index is -4.62. The Balaban J connectivity index is 1.88. The van der Waals surface area contributed by atoms with Crippen LogP contribution in [0.4, 0.5) is 13.2 Å². The molecule has 0 spiro atoms. The van der Waals surface area contributed by atoms with Crippen molar-refractivity contribution in [3.63, 3.8) is 0 Å². The fraction of sp³-hybridized carbons (Fsp3) is 0.467. The number of aryl methyl sites for hydroxylation is 1. The van der Waals surface area contributed by atoms with E-state index in [0.29, 0.717) is 23.0 Å². The normalized spacial score (nSPS) is 12.0. The summed E-state index contributed by atoms with van der Waals surface area (Å²) in [5.41, 5.74) is 2.40. The van der Waals surface area contributed by atoms with Crippen LogP contribution in [0.2, 0.25) is 0 Å². The highest BCUT2D eigenvalue weighted by atomic mass is 32.2. The van der Waals surface area contributed by atoms with Crippen molar-refractivity contribution in [2.24, 2.45) is 0 Å². The van der Waals surface area contributed by atoms with Gasteiger partial charge in [-0.15, -0.1) is 10.2 Å². The van der Waals surface area contributed by atoms with Crippen LogP contribution in [-0.4, -0.2) is 27.2 Å². The molecule has 0 unspecified atom stereocenters. The Bertz CT molecular complexity index is 701. The van der Waals surface area contributed by atoms with Crippen LogP contribution in [0.15, 0.2) is 23.4 Å². The number of nitrogens with two attached hydrogens (primary N) is 1. The average Bonchev–Trinajstić information content (AvgIpc) is 2.84. The van der Waals surface area contributed by atoms with Crippen molar-refractivity contribution in [2.45, 2.75) is 38.0 Å². The monoisotopic (exact) mass is 360 g/mol. The minimum absolute atomic E-state index is 0.00254. The van der Waals surface area contributed by atoms with E-state index in [9.17, 15) is 13.2 Å². The third kappa shape index (κ3) is 4.34. The number of hydrogen-bond acceptors (Lipinski definition) is 5. The van der Waals surface area contributed by atoms with Gasteiger partial charge in [0.15, 0.2) is 0 Å². The summed E-state index contributed by atoms with van der Waals surface area (Å²) in [5, 5.41) is 6.51. The summed E-state index contributed by atoms with van der Waals surface area (Å²) in [6.45, 7) is 6.58. The molecule has 0 atom stereocenters. The first kappa shape index (κ1) is 18.4. The summed E-state index contributed by atoms with van der Waals surface area (Å²) in [5.74, 6) is 5.70. The summed E-state index contributed by atoms with van der Waals surface area (Å²) in [7, 11) is 0. The number of benzene rings is 1. The molecular formula is C15H19F3N4OS. The van der Waals surface area contributed by atoms with Crippen LogP contribution in [0.1, 0.15) is 36.7 Å². The lowest BCUT2D eigenvalue weighted by Crippen LogP contribution is -2.21. The molecular weight excluding hydrogens is 341 g/mol. The van der Waals surface area contributed by atoms with E-state index in [2.05, 4.69) is 24.0 Å². The van der Waals surface area contributed by atoms with Crippen molar-refractivity contribution in [1.29, 1.82) is 0 Å². The standard InChI is InChI=1S/C15H19F3N4OS/c1-9(2)12-5-4-11(8-10(12)3)23-6-7-24-14-21-20-13(22(14)19)15(16,17)18/h4-5,8-9H,6-7,19H2,1-3H3. The van der Waals surface area contributed by atoms with E-state index < -0.39 is 12.0 Å². The Morgan fingerprint density at radius 2 is 2.00 bits per heavy atom. The number of thioether (sulfide) groups is 1. The van der Waals surface area contributed by atoms with Gasteiger partial charge < -0.3 is 10.6 Å². The lowest BCUT2D eigenvalue weighted by Gasteiger charge is -2.12. The second kappa shape index (κ2) is 7.33. The van der Waals surface area contributed by atoms with E-state index in [1.165, 1.54) is 5.56 Å². The molecule has 0 saturated heterocycles. The van der Waals surface area contributed by atoms with Gasteiger partial charge in [0.05, 0.1) is 6.61 Å². The van der Waals surface area contributed by atoms with Gasteiger partial charge >= 0.3 is 6.18 Å². The maximum Gasteiger partial charge on any atom is 0.453 e. The molecule has 9 heteroatoms. The third-order valence-electron chi connectivity index (χ3n) is 3.36. The van der Waals surface area contributed by atoms with Crippen molar-refractivity contribution in [1.82, 2.24) is 14.9 Å². The molecule has 2 N–H and O–H groups in total. The van der Waals surface area contributed by atoms with Crippen LogP contribution in [0.25, 0.3) is 0 Å². The molecule has 1 aromatic heterocycles. The van der Waals surface area contributed by atoms with Crippen molar-refractivity contribution in [3.05, 3.63) is 35.2 Å². The van der Waals surface area contributed by atoms with E-state index >= 15 is 0 Å². The largest absolute Gasteiger partial charge is 0.493 e. The molecule has 0 aliphatic rings. The Morgan fingerprint density at radius 1 is 1.29 bits per heavy atom. The number of ether oxygens (including phenoxy) is 1. The number of aromatic nitrogens is 3. The fourth-order valence-electron chi connectivity index (χ4n) is 2.25. The number of halogens is 3. The van der Waals surface area contributed by atoms with Gasteiger partial charge in [0, 0.05) is 5.75 Å². The lowest BCUT2D eigenvalue weighted by molar-refractivity contribution is -0.146. The van der Waals surface area contributed by atoms with E-state index in [4.69, 9.17) is 10.6 Å². The molecule has 1 heterocycles. The lowest BCUT2D eigenvalue weighted by atomic mass is 9.98. The number of hydrogen-bond donors (Lipinski definition) is 1. The molecule has 2 aromatic rings. The number of rotatable bonds is 6. The summed E-state index contributed by atoms with van der Waals surface area (Å²) >= 11 is 1.05. The highest BCUT2D eigenvalue weighted by Gasteiger charge is 2.38. The van der Waals surface area contributed by atoms with Gasteiger partial charge in [-0.1, -0.05) is 31.7 Å². The Morgan fingerprint density at radius 3 is 2.54 bits per heavy atom. The van der Waals surface area contributed by atoms with Crippen molar-refractivity contribution < 1.29 is 17.9 Å². The molecule has 0 aliphatic carbocycles. The fourth-order valence-corrected chi connectivity index (χ4v) is 2.92. The first-order valence-corrected chi connectivity index (χ1v) is 8.32. The van der Waals surface area contributed by atoms with Gasteiger partial charge in [-0.25, -0.2) is 4.68 Å². The SMILES string of the molecule is Cc1cc(OCCSc2nnc(C(F)(F)F)n2N)ccc1C(C)C. The van der Waals surface area contributed by atoms with Gasteiger partial charge in [0.1, 0.15) is 5.75 Å². The van der Waals surface area contributed by atoms with Crippen molar-refractivity contribution >= 4 is 11.8 Å². The smallest absolute Gasteiger partial charge is 0.453 e. The van der Waals surface area contributed by atoms with Crippen molar-refractivity contribution in [3.8, 4) is 5.75 Å². The van der Waals surface area contributed by atoms with Crippen LogP contribution in [-0.2, 0) is 6.18 Å². The topological polar surface area (TPSA) is 66.0 Å². The molecule has 0 amide bonds. The van der Waals surface area contributed by atoms with Crippen LogP contribution in [0.5, 0.6) is 5.75 Å². The van der Waals surface area contributed by atoms with Crippen LogP contribution < -0.4 is 10.6 Å². The number of nitrogen functional groups attached to an aromatic ring is 1. The van der Waals surface area contributed by atoms with Gasteiger partial charge in [0.2, 0.25) is 5.16 Å². The molecule has 1 aromatic carbocycles. The highest BCUT2D eigenvalue weighted by molar-refractivity contribution is 7.99. The maximum absolute atomic E-state index is 12.6. The molecule has 132 valence electrons. The van der Waals surface area contributed by atoms with E-state index in [1.54, 1.807) is 0 Å². The third-order valence-corrected chi connectivity index (χ3v) is 4.27. The molecule has 24 heavy (non-hydrogen) atoms. The first-order chi connectivity index (χ1) is 11.2. The van der Waals surface area contributed by atoms with Crippen LogP contribution in [0.3, 0.4) is 0 Å². The predicted molar refractivity (Wildman–Crippen MR) is 86.7 cm³/mol. The van der Waals surface area contributed by atoms with Crippen molar-refractivity contribution in [2.75, 3.05) is 18.2 Å². The predicted octanol–water partition coefficient (Wildman–Crippen LogP) is 3.61. The maximum atomic E-state index is 12.6. The summed E-state index contributed by atoms with van der Waals surface area (Å²) < 4.78 is 43.8. The van der Waals surface area contributed by atoms with Gasteiger partial charge in [0.25, 0.3) is 5.82 Å². The minimum Gasteiger partial charge on any atom is -0.493 e. The zero-order valence-electron chi connectivity index (χ0n) is 13.6. The zero-order valence-corrected chi connectivity index (χ0v) is 14.4. The van der Waals surface area contributed by atoms with Gasteiger partial charge in [-0.2, -0.15) is 13.2 Å². The second-order valence-electron chi connectivity index (χ2n) is 5.54. The molecule has 0 aliphatic heterocycles. The quantitative estimate of drug-likeness (QED) is 0.484. The Labute approximate surface area is 142 Å². The van der Waals surface area contributed by atoms with E-state index in [-0.39, 0.29) is 5.16 Å². The summed E-state index contributed by atoms with van der Waals surface area (Å²) in [6.07, 6.45) is -4.62. The molecule has 0 saturated carbocycles. The van der Waals surface area contributed by atoms with Gasteiger partial charge in [-0.3, -0.25) is 0 Å². The van der Waals surface area contributed by atoms with Crippen LogP contribution >= 0.6 is 11.8 Å². The average molecular weight is 360 g/mol. The number of nitrogens with zero attached hydrogens (tertiary/aromatic N) is 3. The Hall–Kier alpha value is -1.90. The van der Waals surface area contributed by atoms with Crippen LogP contribution in [0, 0.1) is 6.92 Å². The second-order valence-corrected chi connectivity index (χ2v) is 6.61. The molecule has 0 bridgehead atoms.